The average Bonchev–Trinajstić information content (AvgIpc) is 3.21. The van der Waals surface area contributed by atoms with Gasteiger partial charge in [0.1, 0.15) is 6.10 Å². The van der Waals surface area contributed by atoms with Crippen LogP contribution in [-0.4, -0.2) is 58.6 Å². The maximum Gasteiger partial charge on any atom is 0.306 e. The predicted octanol–water partition coefficient (Wildman–Crippen LogP) is 4.47. The van der Waals surface area contributed by atoms with E-state index >= 15 is 0 Å². The number of unbranched alkanes of at least 4 members (excludes halogenated alkanes) is 3. The third kappa shape index (κ3) is 14.3. The number of nitrogens with one attached hydrogen (secondary N) is 1. The summed E-state index contributed by atoms with van der Waals surface area (Å²) in [5, 5.41) is 33.5. The number of aliphatic hydroxyl groups excluding tert-OH is 2. The number of aliphatic hydroxyl groups is 2. The van der Waals surface area contributed by atoms with E-state index in [0.717, 1.165) is 18.4 Å². The summed E-state index contributed by atoms with van der Waals surface area (Å²) in [7, 11) is 0. The van der Waals surface area contributed by atoms with Crippen LogP contribution in [0.5, 0.6) is 0 Å². The summed E-state index contributed by atoms with van der Waals surface area (Å²) in [6.45, 7) is 2.52. The topological polar surface area (TPSA) is 148 Å². The number of hydrogen-bond donors (Lipinski definition) is 3. The van der Waals surface area contributed by atoms with Gasteiger partial charge in [-0.1, -0.05) is 55.0 Å². The Morgan fingerprint density at radius 3 is 2.61 bits per heavy atom. The van der Waals surface area contributed by atoms with Crippen molar-refractivity contribution in [3.8, 4) is 0 Å². The number of carbonyl (C=O) groups excluding carboxylic acids is 2. The van der Waals surface area contributed by atoms with E-state index in [-0.39, 0.29) is 36.7 Å². The number of carbonyl (C=O) groups is 2. The molecule has 5 atom stereocenters. The van der Waals surface area contributed by atoms with Crippen molar-refractivity contribution in [1.29, 1.82) is 0 Å². The van der Waals surface area contributed by atoms with Gasteiger partial charge in [0, 0.05) is 31.7 Å². The molecule has 0 aromatic heterocycles. The zero-order chi connectivity index (χ0) is 29.9. The molecule has 3 N–H and O–H groups in total. The average molecular weight is 575 g/mol. The highest BCUT2D eigenvalue weighted by Gasteiger charge is 2.39. The van der Waals surface area contributed by atoms with E-state index in [2.05, 4.69) is 10.2 Å². The van der Waals surface area contributed by atoms with Gasteiger partial charge >= 0.3 is 5.97 Å². The maximum atomic E-state index is 12.6. The molecule has 10 nitrogen and oxygen atoms in total. The van der Waals surface area contributed by atoms with Crippen LogP contribution < -0.4 is 5.32 Å². The lowest BCUT2D eigenvalue weighted by Crippen LogP contribution is -2.22. The van der Waals surface area contributed by atoms with Gasteiger partial charge in [0.2, 0.25) is 5.91 Å². The van der Waals surface area contributed by atoms with E-state index in [1.807, 2.05) is 61.6 Å². The van der Waals surface area contributed by atoms with Gasteiger partial charge in [-0.2, -0.15) is 0 Å². The summed E-state index contributed by atoms with van der Waals surface area (Å²) < 4.78 is 5.78. The molecule has 1 aromatic rings. The van der Waals surface area contributed by atoms with E-state index < -0.39 is 23.4 Å². The van der Waals surface area contributed by atoms with Crippen LogP contribution in [0, 0.1) is 22.0 Å². The van der Waals surface area contributed by atoms with Crippen LogP contribution in [0.2, 0.25) is 0 Å². The highest BCUT2D eigenvalue weighted by molar-refractivity contribution is 5.75. The third-order valence-electron chi connectivity index (χ3n) is 7.25. The molecular formula is C31H46N2O8. The monoisotopic (exact) mass is 574 g/mol. The van der Waals surface area contributed by atoms with E-state index in [0.29, 0.717) is 57.9 Å². The molecule has 1 aromatic carbocycles. The Hall–Kier alpha value is -3.24. The second kappa shape index (κ2) is 19.8. The molecule has 41 heavy (non-hydrogen) atoms. The first-order valence-corrected chi connectivity index (χ1v) is 14.8. The van der Waals surface area contributed by atoms with Gasteiger partial charge in [0.15, 0.2) is 0 Å². The first-order chi connectivity index (χ1) is 19.8. The van der Waals surface area contributed by atoms with Gasteiger partial charge in [0.05, 0.1) is 18.8 Å². The van der Waals surface area contributed by atoms with Gasteiger partial charge in [-0.15, -0.1) is 10.1 Å². The van der Waals surface area contributed by atoms with Crippen LogP contribution in [0.4, 0.5) is 0 Å². The van der Waals surface area contributed by atoms with Gasteiger partial charge in [0.25, 0.3) is 5.09 Å². The number of ether oxygens (including phenoxy) is 1. The summed E-state index contributed by atoms with van der Waals surface area (Å²) >= 11 is 0. The first-order valence-electron chi connectivity index (χ1n) is 14.8. The molecule has 0 spiro atoms. The Labute approximate surface area is 242 Å². The fraction of sp³-hybridized carbons (Fsp3) is 0.613. The van der Waals surface area contributed by atoms with Crippen LogP contribution in [0.25, 0.3) is 0 Å². The number of nitrogens with zero attached hydrogens (tertiary/aromatic N) is 1. The minimum Gasteiger partial charge on any atom is -0.458 e. The number of allylic oxidation sites excluding steroid dienone is 2. The molecule has 10 heteroatoms. The van der Waals surface area contributed by atoms with E-state index in [4.69, 9.17) is 4.74 Å². The molecular weight excluding hydrogens is 528 g/mol. The zero-order valence-electron chi connectivity index (χ0n) is 24.1. The van der Waals surface area contributed by atoms with Gasteiger partial charge in [-0.25, -0.2) is 0 Å². The molecule has 1 saturated carbocycles. The first kappa shape index (κ1) is 34.0. The van der Waals surface area contributed by atoms with Crippen molar-refractivity contribution in [3.63, 3.8) is 0 Å². The number of aryl methyl sites for hydroxylation is 1. The second-order valence-corrected chi connectivity index (χ2v) is 10.5. The summed E-state index contributed by atoms with van der Waals surface area (Å²) in [6.07, 6.45) is 11.9. The van der Waals surface area contributed by atoms with Gasteiger partial charge in [-0.3, -0.25) is 9.59 Å². The number of amides is 1. The number of rotatable bonds is 20. The molecule has 1 amide bonds. The Bertz CT molecular complexity index is 968. The zero-order valence-corrected chi connectivity index (χ0v) is 24.1. The van der Waals surface area contributed by atoms with Crippen molar-refractivity contribution < 1.29 is 34.5 Å². The van der Waals surface area contributed by atoms with Crippen LogP contribution in [0.15, 0.2) is 54.6 Å². The molecule has 0 aliphatic heterocycles. The number of benzene rings is 1. The number of esters is 1. The van der Waals surface area contributed by atoms with E-state index in [1.165, 1.54) is 0 Å². The summed E-state index contributed by atoms with van der Waals surface area (Å²) in [5.41, 5.74) is 1.12. The molecule has 1 aliphatic carbocycles. The van der Waals surface area contributed by atoms with Crippen molar-refractivity contribution in [3.05, 3.63) is 70.3 Å². The van der Waals surface area contributed by atoms with Crippen LogP contribution in [0.1, 0.15) is 76.7 Å². The lowest BCUT2D eigenvalue weighted by Gasteiger charge is -2.21. The van der Waals surface area contributed by atoms with Crippen LogP contribution >= 0.6 is 0 Å². The minimum absolute atomic E-state index is 0.00647. The largest absolute Gasteiger partial charge is 0.458 e. The fourth-order valence-electron chi connectivity index (χ4n) is 5.06. The van der Waals surface area contributed by atoms with E-state index in [1.54, 1.807) is 0 Å². The molecule has 0 radical (unpaired) electrons. The van der Waals surface area contributed by atoms with Gasteiger partial charge < -0.3 is 25.1 Å². The van der Waals surface area contributed by atoms with Crippen molar-refractivity contribution in [2.24, 2.45) is 11.8 Å². The fourth-order valence-corrected chi connectivity index (χ4v) is 5.06. The molecule has 2 rings (SSSR count). The summed E-state index contributed by atoms with van der Waals surface area (Å²) in [5.74, 6) is -0.732. The Morgan fingerprint density at radius 2 is 1.88 bits per heavy atom. The normalized spacial score (nSPS) is 21.2. The lowest BCUT2D eigenvalue weighted by atomic mass is 9.89. The number of hydrogen-bond acceptors (Lipinski definition) is 8. The van der Waals surface area contributed by atoms with Gasteiger partial charge in [-0.05, 0) is 69.4 Å². The smallest absolute Gasteiger partial charge is 0.306 e. The highest BCUT2D eigenvalue weighted by Crippen LogP contribution is 2.36. The standard InChI is InChI=1S/C31H46N2O8/c1-2-32-30(36)16-10-4-3-9-15-26-27(29(35)23-28(26)34)21-20-25(19-18-24-13-7-5-8-14-24)41-31(37)17-11-6-12-22-40-33(38)39/h3,5,7-9,13-14,20-21,25-29,34-35H,2,4,6,10-12,15-19,22-23H2,1H3,(H,32,36)/b9-3-,21-20?/t25?,26-,27-,28+,29-/m1/s1. The van der Waals surface area contributed by atoms with Crippen molar-refractivity contribution in [2.45, 2.75) is 95.9 Å². The Balaban J connectivity index is 1.93. The summed E-state index contributed by atoms with van der Waals surface area (Å²) in [6, 6.07) is 9.91. The van der Waals surface area contributed by atoms with E-state index in [9.17, 15) is 29.9 Å². The molecule has 1 fully saturated rings. The quantitative estimate of drug-likeness (QED) is 0.0679. The lowest BCUT2D eigenvalue weighted by molar-refractivity contribution is -0.757. The predicted molar refractivity (Wildman–Crippen MR) is 155 cm³/mol. The SMILES string of the molecule is CCNC(=O)CCC/C=C\C[C@@H]1[C@@H](C=CC(CCc2ccccc2)OC(=O)CCCCCO[N+](=O)[O-])[C@H](O)C[C@@H]1O. The molecule has 0 heterocycles. The maximum absolute atomic E-state index is 12.6. The third-order valence-corrected chi connectivity index (χ3v) is 7.25. The van der Waals surface area contributed by atoms with Crippen LogP contribution in [0.3, 0.4) is 0 Å². The van der Waals surface area contributed by atoms with Crippen molar-refractivity contribution >= 4 is 11.9 Å². The minimum atomic E-state index is -0.824. The highest BCUT2D eigenvalue weighted by atomic mass is 16.9. The molecule has 228 valence electrons. The second-order valence-electron chi connectivity index (χ2n) is 10.5. The van der Waals surface area contributed by atoms with Crippen molar-refractivity contribution in [2.75, 3.05) is 13.2 Å². The molecule has 0 bridgehead atoms. The Morgan fingerprint density at radius 1 is 1.10 bits per heavy atom. The summed E-state index contributed by atoms with van der Waals surface area (Å²) in [4.78, 5) is 38.7. The molecule has 1 aliphatic rings. The van der Waals surface area contributed by atoms with Crippen molar-refractivity contribution in [1.82, 2.24) is 5.32 Å². The molecule has 1 unspecified atom stereocenters. The molecule has 0 saturated heterocycles. The van der Waals surface area contributed by atoms with Crippen LogP contribution in [-0.2, 0) is 25.6 Å². The Kier molecular flexibility index (Phi) is 16.4.